The van der Waals surface area contributed by atoms with Crippen molar-refractivity contribution in [2.24, 2.45) is 0 Å². The molecule has 0 aliphatic carbocycles. The number of aryl methyl sites for hydroxylation is 1. The molecule has 0 N–H and O–H groups in total. The Morgan fingerprint density at radius 2 is 2.00 bits per heavy atom. The Bertz CT molecular complexity index is 918. The van der Waals surface area contributed by atoms with Gasteiger partial charge in [0.05, 0.1) is 24.3 Å². The van der Waals surface area contributed by atoms with E-state index in [1.807, 2.05) is 19.1 Å². The number of nitrogens with zero attached hydrogens (tertiary/aromatic N) is 3. The number of carbonyl (C=O) groups is 1. The zero-order chi connectivity index (χ0) is 16.7. The fourth-order valence-electron chi connectivity index (χ4n) is 2.85. The van der Waals surface area contributed by atoms with E-state index in [-0.39, 0.29) is 18.1 Å². The van der Waals surface area contributed by atoms with Crippen LogP contribution in [-0.2, 0) is 17.8 Å². The molecule has 0 unspecified atom stereocenters. The van der Waals surface area contributed by atoms with Gasteiger partial charge in [-0.25, -0.2) is 4.39 Å². The molecule has 0 saturated carbocycles. The van der Waals surface area contributed by atoms with E-state index in [2.05, 4.69) is 10.1 Å². The summed E-state index contributed by atoms with van der Waals surface area (Å²) < 4.78 is 18.2. The van der Waals surface area contributed by atoms with Crippen molar-refractivity contribution in [3.63, 3.8) is 0 Å². The maximum absolute atomic E-state index is 13.1. The zero-order valence-corrected chi connectivity index (χ0v) is 13.0. The molecule has 0 saturated heterocycles. The molecule has 1 aromatic carbocycles. The molecule has 5 nitrogen and oxygen atoms in total. The van der Waals surface area contributed by atoms with Gasteiger partial charge >= 0.3 is 0 Å². The normalized spacial score (nSPS) is 13.4. The number of fused-ring (bicyclic) bond motifs is 1. The summed E-state index contributed by atoms with van der Waals surface area (Å²) >= 11 is 0. The summed E-state index contributed by atoms with van der Waals surface area (Å²) in [6.45, 7) is 2.15. The van der Waals surface area contributed by atoms with Gasteiger partial charge in [0.1, 0.15) is 17.3 Å². The van der Waals surface area contributed by atoms with Crippen LogP contribution in [-0.4, -0.2) is 16.0 Å². The van der Waals surface area contributed by atoms with Crippen molar-refractivity contribution in [3.8, 4) is 11.1 Å². The first kappa shape index (κ1) is 14.6. The topological polar surface area (TPSA) is 59.2 Å². The van der Waals surface area contributed by atoms with Crippen molar-refractivity contribution in [3.05, 3.63) is 65.6 Å². The van der Waals surface area contributed by atoms with Crippen molar-refractivity contribution in [2.75, 3.05) is 4.90 Å². The molecule has 3 aromatic rings. The molecule has 2 aromatic heterocycles. The van der Waals surface area contributed by atoms with Gasteiger partial charge in [0.15, 0.2) is 0 Å². The van der Waals surface area contributed by atoms with Crippen LogP contribution in [0.25, 0.3) is 11.1 Å². The third-order valence-electron chi connectivity index (χ3n) is 4.03. The van der Waals surface area contributed by atoms with Crippen LogP contribution in [0.3, 0.4) is 0 Å². The number of halogens is 1. The third kappa shape index (κ3) is 2.56. The van der Waals surface area contributed by atoms with Crippen LogP contribution >= 0.6 is 0 Å². The molecule has 6 heteroatoms. The SMILES string of the molecule is Cc1cc(CN2C(=O)Cc3ncc(-c4ccc(F)cc4)cc32)no1. The van der Waals surface area contributed by atoms with Crippen LogP contribution < -0.4 is 4.90 Å². The lowest BCUT2D eigenvalue weighted by molar-refractivity contribution is -0.117. The number of hydrogen-bond acceptors (Lipinski definition) is 4. The zero-order valence-electron chi connectivity index (χ0n) is 13.0. The second kappa shape index (κ2) is 5.56. The van der Waals surface area contributed by atoms with E-state index in [4.69, 9.17) is 4.52 Å². The van der Waals surface area contributed by atoms with Gasteiger partial charge < -0.3 is 9.42 Å². The molecule has 0 atom stereocenters. The number of anilines is 1. The summed E-state index contributed by atoms with van der Waals surface area (Å²) in [7, 11) is 0. The molecule has 1 amide bonds. The molecular weight excluding hydrogens is 309 g/mol. The smallest absolute Gasteiger partial charge is 0.233 e. The van der Waals surface area contributed by atoms with Gasteiger partial charge in [0.2, 0.25) is 5.91 Å². The average molecular weight is 323 g/mol. The summed E-state index contributed by atoms with van der Waals surface area (Å²) in [6, 6.07) is 9.92. The Morgan fingerprint density at radius 1 is 1.21 bits per heavy atom. The molecule has 1 aliphatic rings. The van der Waals surface area contributed by atoms with Crippen molar-refractivity contribution < 1.29 is 13.7 Å². The van der Waals surface area contributed by atoms with Gasteiger partial charge in [0, 0.05) is 17.8 Å². The van der Waals surface area contributed by atoms with Crippen LogP contribution in [0.2, 0.25) is 0 Å². The van der Waals surface area contributed by atoms with Crippen molar-refractivity contribution >= 4 is 11.6 Å². The number of rotatable bonds is 3. The highest BCUT2D eigenvalue weighted by Gasteiger charge is 2.29. The number of benzene rings is 1. The average Bonchev–Trinajstić information content (AvgIpc) is 3.12. The maximum Gasteiger partial charge on any atom is 0.233 e. The molecule has 1 aliphatic heterocycles. The Labute approximate surface area is 137 Å². The monoisotopic (exact) mass is 323 g/mol. The van der Waals surface area contributed by atoms with Gasteiger partial charge in [-0.05, 0) is 30.7 Å². The highest BCUT2D eigenvalue weighted by Crippen LogP contribution is 2.32. The predicted molar refractivity (Wildman–Crippen MR) is 85.8 cm³/mol. The summed E-state index contributed by atoms with van der Waals surface area (Å²) in [6.07, 6.45) is 1.99. The number of pyridine rings is 1. The van der Waals surface area contributed by atoms with Gasteiger partial charge in [-0.15, -0.1) is 0 Å². The highest BCUT2D eigenvalue weighted by molar-refractivity contribution is 6.01. The highest BCUT2D eigenvalue weighted by atomic mass is 19.1. The largest absolute Gasteiger partial charge is 0.361 e. The fraction of sp³-hybridized carbons (Fsp3) is 0.167. The number of hydrogen-bond donors (Lipinski definition) is 0. The molecular formula is C18H14FN3O2. The van der Waals surface area contributed by atoms with E-state index in [9.17, 15) is 9.18 Å². The Morgan fingerprint density at radius 3 is 2.71 bits per heavy atom. The van der Waals surface area contributed by atoms with Crippen molar-refractivity contribution in [2.45, 2.75) is 19.9 Å². The van der Waals surface area contributed by atoms with E-state index in [1.165, 1.54) is 12.1 Å². The minimum Gasteiger partial charge on any atom is -0.361 e. The lowest BCUT2D eigenvalue weighted by Gasteiger charge is -2.16. The minimum absolute atomic E-state index is 0.0191. The van der Waals surface area contributed by atoms with Crippen LogP contribution in [0.4, 0.5) is 10.1 Å². The number of carbonyl (C=O) groups excluding carboxylic acids is 1. The number of amides is 1. The summed E-state index contributed by atoms with van der Waals surface area (Å²) in [4.78, 5) is 18.4. The van der Waals surface area contributed by atoms with E-state index in [0.29, 0.717) is 18.0 Å². The molecule has 0 radical (unpaired) electrons. The van der Waals surface area contributed by atoms with Gasteiger partial charge in [-0.3, -0.25) is 9.78 Å². The van der Waals surface area contributed by atoms with E-state index >= 15 is 0 Å². The maximum atomic E-state index is 13.1. The predicted octanol–water partition coefficient (Wildman–Crippen LogP) is 3.27. The molecule has 24 heavy (non-hydrogen) atoms. The molecule has 4 rings (SSSR count). The second-order valence-corrected chi connectivity index (χ2v) is 5.78. The Hall–Kier alpha value is -3.02. The van der Waals surface area contributed by atoms with Crippen LogP contribution in [0.15, 0.2) is 47.1 Å². The summed E-state index contributed by atoms with van der Waals surface area (Å²) in [5, 5.41) is 3.95. The van der Waals surface area contributed by atoms with Crippen molar-refractivity contribution in [1.82, 2.24) is 10.1 Å². The van der Waals surface area contributed by atoms with E-state index in [1.54, 1.807) is 23.2 Å². The minimum atomic E-state index is -0.286. The van der Waals surface area contributed by atoms with Crippen LogP contribution in [0.5, 0.6) is 0 Å². The number of aromatic nitrogens is 2. The third-order valence-corrected chi connectivity index (χ3v) is 4.03. The van der Waals surface area contributed by atoms with Crippen molar-refractivity contribution in [1.29, 1.82) is 0 Å². The second-order valence-electron chi connectivity index (χ2n) is 5.78. The van der Waals surface area contributed by atoms with Gasteiger partial charge in [-0.1, -0.05) is 17.3 Å². The molecule has 0 bridgehead atoms. The first-order valence-corrected chi connectivity index (χ1v) is 7.57. The van der Waals surface area contributed by atoms with Crippen LogP contribution in [0, 0.1) is 12.7 Å². The Kier molecular flexibility index (Phi) is 3.37. The Balaban J connectivity index is 1.69. The summed E-state index contributed by atoms with van der Waals surface area (Å²) in [5.74, 6) is 0.399. The van der Waals surface area contributed by atoms with Gasteiger partial charge in [0.25, 0.3) is 0 Å². The standard InChI is InChI=1S/C18H14FN3O2/c1-11-6-15(21-24-11)10-22-17-7-13(9-20-16(17)8-18(22)23)12-2-4-14(19)5-3-12/h2-7,9H,8,10H2,1H3. The lowest BCUT2D eigenvalue weighted by atomic mass is 10.1. The first-order chi connectivity index (χ1) is 11.6. The molecule has 0 fully saturated rings. The van der Waals surface area contributed by atoms with Gasteiger partial charge in [-0.2, -0.15) is 0 Å². The van der Waals surface area contributed by atoms with E-state index in [0.717, 1.165) is 22.5 Å². The first-order valence-electron chi connectivity index (χ1n) is 7.57. The lowest BCUT2D eigenvalue weighted by Crippen LogP contribution is -2.26. The summed E-state index contributed by atoms with van der Waals surface area (Å²) in [5.41, 5.74) is 3.89. The van der Waals surface area contributed by atoms with E-state index < -0.39 is 0 Å². The molecule has 3 heterocycles. The fourth-order valence-corrected chi connectivity index (χ4v) is 2.85. The molecule has 120 valence electrons. The quantitative estimate of drug-likeness (QED) is 0.742. The molecule has 0 spiro atoms. The van der Waals surface area contributed by atoms with Crippen LogP contribution in [0.1, 0.15) is 17.1 Å².